The molecule has 8 heteroatoms. The first-order valence-electron chi connectivity index (χ1n) is 7.90. The van der Waals surface area contributed by atoms with Gasteiger partial charge in [0.25, 0.3) is 11.8 Å². The second-order valence-electron chi connectivity index (χ2n) is 5.54. The molecule has 1 aliphatic rings. The Bertz CT molecular complexity index is 870. The number of β-amino-alcohol motifs (C(OH)–C–C–N with tert-alkyl or cyclic N) is 1. The van der Waals surface area contributed by atoms with Gasteiger partial charge in [0.1, 0.15) is 29.6 Å². The SMILES string of the molecule is COc1cc(NC2=CC(=O)N(CCO)C2=O)ccc1-c1ccc(CO)o1. The van der Waals surface area contributed by atoms with Crippen molar-refractivity contribution in [1.29, 1.82) is 0 Å². The van der Waals surface area contributed by atoms with Gasteiger partial charge in [-0.1, -0.05) is 0 Å². The highest BCUT2D eigenvalue weighted by Gasteiger charge is 2.30. The van der Waals surface area contributed by atoms with E-state index in [1.807, 2.05) is 0 Å². The number of hydrogen-bond acceptors (Lipinski definition) is 7. The van der Waals surface area contributed by atoms with E-state index in [2.05, 4.69) is 5.32 Å². The Kier molecular flexibility index (Phi) is 5.06. The maximum atomic E-state index is 12.2. The van der Waals surface area contributed by atoms with E-state index in [0.717, 1.165) is 4.90 Å². The lowest BCUT2D eigenvalue weighted by Gasteiger charge is -2.14. The van der Waals surface area contributed by atoms with Gasteiger partial charge in [-0.3, -0.25) is 14.5 Å². The summed E-state index contributed by atoms with van der Waals surface area (Å²) in [5.74, 6) is 0.512. The molecule has 0 radical (unpaired) electrons. The van der Waals surface area contributed by atoms with Gasteiger partial charge in [-0.2, -0.15) is 0 Å². The van der Waals surface area contributed by atoms with Crippen LogP contribution in [0.4, 0.5) is 5.69 Å². The summed E-state index contributed by atoms with van der Waals surface area (Å²) in [7, 11) is 1.50. The number of aliphatic hydroxyl groups excluding tert-OH is 2. The van der Waals surface area contributed by atoms with E-state index in [1.165, 1.54) is 13.2 Å². The Hall–Kier alpha value is -3.10. The third-order valence-electron chi connectivity index (χ3n) is 3.90. The highest BCUT2D eigenvalue weighted by molar-refractivity contribution is 6.17. The summed E-state index contributed by atoms with van der Waals surface area (Å²) < 4.78 is 10.9. The van der Waals surface area contributed by atoms with E-state index < -0.39 is 11.8 Å². The fourth-order valence-corrected chi connectivity index (χ4v) is 2.65. The predicted molar refractivity (Wildman–Crippen MR) is 92.1 cm³/mol. The van der Waals surface area contributed by atoms with Crippen LogP contribution in [-0.4, -0.2) is 47.2 Å². The molecule has 26 heavy (non-hydrogen) atoms. The van der Waals surface area contributed by atoms with E-state index >= 15 is 0 Å². The standard InChI is InChI=1S/C18H18N2O6/c1-25-16-8-11(2-4-13(16)15-5-3-12(10-22)26-15)19-14-9-17(23)20(6-7-21)18(14)24/h2-5,8-9,19,21-22H,6-7,10H2,1H3. The summed E-state index contributed by atoms with van der Waals surface area (Å²) in [6.07, 6.45) is 1.19. The van der Waals surface area contributed by atoms with E-state index in [0.29, 0.717) is 28.5 Å². The summed E-state index contributed by atoms with van der Waals surface area (Å²) in [4.78, 5) is 24.9. The van der Waals surface area contributed by atoms with Gasteiger partial charge >= 0.3 is 0 Å². The lowest BCUT2D eigenvalue weighted by molar-refractivity contribution is -0.137. The average molecular weight is 358 g/mol. The zero-order valence-corrected chi connectivity index (χ0v) is 14.1. The van der Waals surface area contributed by atoms with Crippen molar-refractivity contribution >= 4 is 17.5 Å². The molecule has 8 nitrogen and oxygen atoms in total. The lowest BCUT2D eigenvalue weighted by Crippen LogP contribution is -2.34. The first-order valence-corrected chi connectivity index (χ1v) is 7.90. The summed E-state index contributed by atoms with van der Waals surface area (Å²) in [5, 5.41) is 20.9. The minimum Gasteiger partial charge on any atom is -0.496 e. The number of benzene rings is 1. The van der Waals surface area contributed by atoms with Crippen LogP contribution in [0.25, 0.3) is 11.3 Å². The number of nitrogens with one attached hydrogen (secondary N) is 1. The minimum atomic E-state index is -0.495. The number of carbonyl (C=O) groups excluding carboxylic acids is 2. The zero-order valence-electron chi connectivity index (χ0n) is 14.1. The number of hydrogen-bond donors (Lipinski definition) is 3. The molecule has 0 atom stereocenters. The Morgan fingerprint density at radius 1 is 1.19 bits per heavy atom. The smallest absolute Gasteiger partial charge is 0.277 e. The molecular formula is C18H18N2O6. The van der Waals surface area contributed by atoms with Crippen molar-refractivity contribution in [2.75, 3.05) is 25.6 Å². The third-order valence-corrected chi connectivity index (χ3v) is 3.90. The lowest BCUT2D eigenvalue weighted by atomic mass is 10.1. The number of aliphatic hydroxyl groups is 2. The molecule has 0 saturated carbocycles. The Morgan fingerprint density at radius 2 is 2.00 bits per heavy atom. The monoisotopic (exact) mass is 358 g/mol. The molecule has 2 heterocycles. The quantitative estimate of drug-likeness (QED) is 0.636. The average Bonchev–Trinajstić information content (AvgIpc) is 3.22. The highest BCUT2D eigenvalue weighted by atomic mass is 16.5. The van der Waals surface area contributed by atoms with E-state index in [9.17, 15) is 9.59 Å². The molecule has 1 aromatic heterocycles. The van der Waals surface area contributed by atoms with Gasteiger partial charge in [0.2, 0.25) is 0 Å². The zero-order chi connectivity index (χ0) is 18.7. The van der Waals surface area contributed by atoms with Gasteiger partial charge in [-0.05, 0) is 24.3 Å². The Morgan fingerprint density at radius 3 is 2.65 bits per heavy atom. The first kappa shape index (κ1) is 17.7. The normalized spacial score (nSPS) is 14.0. The van der Waals surface area contributed by atoms with Crippen LogP contribution < -0.4 is 10.1 Å². The summed E-state index contributed by atoms with van der Waals surface area (Å²) in [6, 6.07) is 8.53. The molecule has 3 N–H and O–H groups in total. The van der Waals surface area contributed by atoms with Crippen LogP contribution in [0.5, 0.6) is 5.75 Å². The number of ether oxygens (including phenoxy) is 1. The van der Waals surface area contributed by atoms with Crippen molar-refractivity contribution in [3.05, 3.63) is 47.9 Å². The van der Waals surface area contributed by atoms with Crippen LogP contribution in [0.3, 0.4) is 0 Å². The van der Waals surface area contributed by atoms with Crippen LogP contribution in [0.15, 0.2) is 46.5 Å². The van der Waals surface area contributed by atoms with Crippen LogP contribution in [0.2, 0.25) is 0 Å². The Labute approximate surface area is 149 Å². The molecule has 2 amide bonds. The van der Waals surface area contributed by atoms with Gasteiger partial charge in [0.15, 0.2) is 0 Å². The van der Waals surface area contributed by atoms with Gasteiger partial charge < -0.3 is 24.7 Å². The van der Waals surface area contributed by atoms with Crippen molar-refractivity contribution in [3.8, 4) is 17.1 Å². The topological polar surface area (TPSA) is 112 Å². The second-order valence-corrected chi connectivity index (χ2v) is 5.54. The molecule has 136 valence electrons. The number of methoxy groups -OCH3 is 1. The number of rotatable bonds is 7. The number of imide groups is 1. The molecule has 1 aromatic carbocycles. The molecule has 0 aliphatic carbocycles. The maximum absolute atomic E-state index is 12.2. The van der Waals surface area contributed by atoms with E-state index in [-0.39, 0.29) is 25.5 Å². The first-order chi connectivity index (χ1) is 12.6. The fourth-order valence-electron chi connectivity index (χ4n) is 2.65. The van der Waals surface area contributed by atoms with Gasteiger partial charge in [-0.15, -0.1) is 0 Å². The molecule has 0 unspecified atom stereocenters. The summed E-state index contributed by atoms with van der Waals surface area (Å²) in [5.41, 5.74) is 1.36. The largest absolute Gasteiger partial charge is 0.496 e. The van der Waals surface area contributed by atoms with Crippen LogP contribution in [0, 0.1) is 0 Å². The number of anilines is 1. The minimum absolute atomic E-state index is 0.0483. The van der Waals surface area contributed by atoms with Gasteiger partial charge in [-0.25, -0.2) is 0 Å². The van der Waals surface area contributed by atoms with Gasteiger partial charge in [0.05, 0.1) is 25.8 Å². The summed E-state index contributed by atoms with van der Waals surface area (Å²) in [6.45, 7) is -0.538. The third kappa shape index (κ3) is 3.32. The Balaban J connectivity index is 1.83. The number of nitrogens with zero attached hydrogens (tertiary/aromatic N) is 1. The molecule has 1 aliphatic heterocycles. The highest BCUT2D eigenvalue weighted by Crippen LogP contribution is 2.34. The van der Waals surface area contributed by atoms with Crippen LogP contribution in [0.1, 0.15) is 5.76 Å². The van der Waals surface area contributed by atoms with Crippen molar-refractivity contribution in [3.63, 3.8) is 0 Å². The maximum Gasteiger partial charge on any atom is 0.277 e. The molecular weight excluding hydrogens is 340 g/mol. The van der Waals surface area contributed by atoms with E-state index in [1.54, 1.807) is 30.3 Å². The van der Waals surface area contributed by atoms with Crippen molar-refractivity contribution in [2.45, 2.75) is 6.61 Å². The molecule has 0 bridgehead atoms. The molecule has 3 rings (SSSR count). The summed E-state index contributed by atoms with van der Waals surface area (Å²) >= 11 is 0. The van der Waals surface area contributed by atoms with Crippen molar-refractivity contribution in [1.82, 2.24) is 4.90 Å². The number of amides is 2. The molecule has 0 spiro atoms. The molecule has 0 saturated heterocycles. The molecule has 0 fully saturated rings. The fraction of sp³-hybridized carbons (Fsp3) is 0.222. The van der Waals surface area contributed by atoms with E-state index in [4.69, 9.17) is 19.4 Å². The van der Waals surface area contributed by atoms with Gasteiger partial charge in [0, 0.05) is 17.8 Å². The predicted octanol–water partition coefficient (Wildman–Crippen LogP) is 1.10. The van der Waals surface area contributed by atoms with Crippen LogP contribution in [-0.2, 0) is 16.2 Å². The van der Waals surface area contributed by atoms with Crippen molar-refractivity contribution < 1.29 is 29.0 Å². The molecule has 2 aromatic rings. The second kappa shape index (κ2) is 7.42. The van der Waals surface area contributed by atoms with Crippen LogP contribution >= 0.6 is 0 Å². The number of furan rings is 1. The van der Waals surface area contributed by atoms with Crippen molar-refractivity contribution in [2.24, 2.45) is 0 Å². The number of carbonyl (C=O) groups is 2.